The minimum absolute atomic E-state index is 0. The molecule has 1 aliphatic heterocycles. The van der Waals surface area contributed by atoms with E-state index in [4.69, 9.17) is 4.74 Å². The van der Waals surface area contributed by atoms with Crippen molar-refractivity contribution in [3.63, 3.8) is 0 Å². The van der Waals surface area contributed by atoms with Gasteiger partial charge in [0.05, 0.1) is 13.2 Å². The fraction of sp³-hybridized carbons (Fsp3) is 0.619. The van der Waals surface area contributed by atoms with Crippen LogP contribution in [0.1, 0.15) is 19.4 Å². The van der Waals surface area contributed by atoms with Crippen LogP contribution >= 0.6 is 24.0 Å². The van der Waals surface area contributed by atoms with E-state index in [1.54, 1.807) is 14.0 Å². The molecule has 0 spiro atoms. The first-order valence-corrected chi connectivity index (χ1v) is 10.1. The largest absolute Gasteiger partial charge is 0.376 e. The van der Waals surface area contributed by atoms with E-state index in [1.165, 1.54) is 5.56 Å². The van der Waals surface area contributed by atoms with Gasteiger partial charge in [0.1, 0.15) is 0 Å². The second-order valence-corrected chi connectivity index (χ2v) is 7.33. The molecule has 2 rings (SSSR count). The SMILES string of the molecule is CN=C(NCCN1CCN(C(C)=O)CC1)NCC(C)COCc1ccccc1.I. The molecule has 8 heteroatoms. The number of hydrogen-bond acceptors (Lipinski definition) is 4. The van der Waals surface area contributed by atoms with Gasteiger partial charge in [0.2, 0.25) is 5.91 Å². The number of aliphatic imine (C=N–C) groups is 1. The molecule has 1 heterocycles. The fourth-order valence-electron chi connectivity index (χ4n) is 3.12. The molecule has 0 aliphatic carbocycles. The Kier molecular flexibility index (Phi) is 12.9. The zero-order valence-electron chi connectivity index (χ0n) is 17.9. The monoisotopic (exact) mass is 517 g/mol. The summed E-state index contributed by atoms with van der Waals surface area (Å²) in [5.41, 5.74) is 1.20. The van der Waals surface area contributed by atoms with Crippen molar-refractivity contribution in [1.82, 2.24) is 20.4 Å². The van der Waals surface area contributed by atoms with Gasteiger partial charge in [-0.25, -0.2) is 0 Å². The number of guanidine groups is 1. The number of amides is 1. The van der Waals surface area contributed by atoms with Crippen LogP contribution in [0.3, 0.4) is 0 Å². The van der Waals surface area contributed by atoms with Gasteiger partial charge in [0, 0.05) is 59.8 Å². The Morgan fingerprint density at radius 1 is 1.17 bits per heavy atom. The second kappa shape index (κ2) is 14.6. The first-order valence-electron chi connectivity index (χ1n) is 10.1. The Bertz CT molecular complexity index is 606. The number of rotatable bonds is 9. The van der Waals surface area contributed by atoms with Crippen LogP contribution in [0.4, 0.5) is 0 Å². The predicted octanol–water partition coefficient (Wildman–Crippen LogP) is 1.79. The van der Waals surface area contributed by atoms with Crippen molar-refractivity contribution >= 4 is 35.8 Å². The third kappa shape index (κ3) is 10.3. The Morgan fingerprint density at radius 2 is 1.86 bits per heavy atom. The molecule has 1 fully saturated rings. The smallest absolute Gasteiger partial charge is 0.219 e. The van der Waals surface area contributed by atoms with Crippen LogP contribution in [-0.4, -0.2) is 81.1 Å². The highest BCUT2D eigenvalue weighted by molar-refractivity contribution is 14.0. The van der Waals surface area contributed by atoms with E-state index in [-0.39, 0.29) is 29.9 Å². The highest BCUT2D eigenvalue weighted by atomic mass is 127. The van der Waals surface area contributed by atoms with Gasteiger partial charge in [-0.2, -0.15) is 0 Å². The molecule has 1 unspecified atom stereocenters. The first kappa shape index (κ1) is 25.6. The summed E-state index contributed by atoms with van der Waals surface area (Å²) in [5.74, 6) is 1.38. The van der Waals surface area contributed by atoms with Crippen LogP contribution in [0.5, 0.6) is 0 Å². The molecule has 7 nitrogen and oxygen atoms in total. The standard InChI is InChI=1S/C21H35N5O2.HI/c1-18(16-28-17-20-7-5-4-6-8-20)15-24-21(22-3)23-9-10-25-11-13-26(14-12-25)19(2)27;/h4-8,18H,9-17H2,1-3H3,(H2,22,23,24);1H. The van der Waals surface area contributed by atoms with Crippen molar-refractivity contribution in [1.29, 1.82) is 0 Å². The fourth-order valence-corrected chi connectivity index (χ4v) is 3.12. The van der Waals surface area contributed by atoms with Gasteiger partial charge in [-0.1, -0.05) is 37.3 Å². The molecule has 1 aromatic carbocycles. The Labute approximate surface area is 192 Å². The summed E-state index contributed by atoms with van der Waals surface area (Å²) >= 11 is 0. The van der Waals surface area contributed by atoms with Crippen LogP contribution in [0.25, 0.3) is 0 Å². The molecule has 164 valence electrons. The third-order valence-electron chi connectivity index (χ3n) is 4.89. The van der Waals surface area contributed by atoms with Crippen LogP contribution in [0, 0.1) is 5.92 Å². The number of nitrogens with zero attached hydrogens (tertiary/aromatic N) is 3. The zero-order valence-corrected chi connectivity index (χ0v) is 20.2. The summed E-state index contributed by atoms with van der Waals surface area (Å²) in [5, 5.41) is 6.73. The molecule has 0 bridgehead atoms. The van der Waals surface area contributed by atoms with Gasteiger partial charge >= 0.3 is 0 Å². The summed E-state index contributed by atoms with van der Waals surface area (Å²) in [6.07, 6.45) is 0. The van der Waals surface area contributed by atoms with E-state index in [0.717, 1.165) is 51.8 Å². The van der Waals surface area contributed by atoms with Crippen molar-refractivity contribution < 1.29 is 9.53 Å². The van der Waals surface area contributed by atoms with E-state index < -0.39 is 0 Å². The van der Waals surface area contributed by atoms with Crippen molar-refractivity contribution in [2.75, 3.05) is 59.5 Å². The van der Waals surface area contributed by atoms with Crippen molar-refractivity contribution in [3.8, 4) is 0 Å². The Morgan fingerprint density at radius 3 is 2.48 bits per heavy atom. The van der Waals surface area contributed by atoms with Gasteiger partial charge in [-0.05, 0) is 11.5 Å². The number of carbonyl (C=O) groups excluding carboxylic acids is 1. The van der Waals surface area contributed by atoms with E-state index in [9.17, 15) is 4.79 Å². The molecule has 29 heavy (non-hydrogen) atoms. The number of benzene rings is 1. The summed E-state index contributed by atoms with van der Waals surface area (Å²) in [4.78, 5) is 19.9. The molecule has 0 saturated carbocycles. The number of halogens is 1. The summed E-state index contributed by atoms with van der Waals surface area (Å²) in [6.45, 7) is 11.3. The van der Waals surface area contributed by atoms with Gasteiger partial charge < -0.3 is 20.3 Å². The summed E-state index contributed by atoms with van der Waals surface area (Å²) in [7, 11) is 1.79. The highest BCUT2D eigenvalue weighted by Crippen LogP contribution is 2.03. The lowest BCUT2D eigenvalue weighted by atomic mass is 10.2. The van der Waals surface area contributed by atoms with Crippen molar-refractivity contribution in [2.45, 2.75) is 20.5 Å². The molecule has 1 aliphatic rings. The third-order valence-corrected chi connectivity index (χ3v) is 4.89. The number of hydrogen-bond donors (Lipinski definition) is 2. The molecule has 1 saturated heterocycles. The average Bonchev–Trinajstić information content (AvgIpc) is 2.71. The molecule has 0 aromatic heterocycles. The zero-order chi connectivity index (χ0) is 20.2. The molecular weight excluding hydrogens is 481 g/mol. The van der Waals surface area contributed by atoms with Gasteiger partial charge in [-0.3, -0.25) is 14.7 Å². The van der Waals surface area contributed by atoms with E-state index in [0.29, 0.717) is 19.1 Å². The van der Waals surface area contributed by atoms with Crippen LogP contribution in [0.15, 0.2) is 35.3 Å². The molecule has 2 N–H and O–H groups in total. The normalized spacial score (nSPS) is 16.1. The molecule has 1 atom stereocenters. The topological polar surface area (TPSA) is 69.2 Å². The lowest BCUT2D eigenvalue weighted by Crippen LogP contribution is -2.50. The van der Waals surface area contributed by atoms with Crippen molar-refractivity contribution in [3.05, 3.63) is 35.9 Å². The van der Waals surface area contributed by atoms with Crippen LogP contribution in [-0.2, 0) is 16.1 Å². The van der Waals surface area contributed by atoms with Gasteiger partial charge in [0.15, 0.2) is 5.96 Å². The number of piperazine rings is 1. The maximum atomic E-state index is 11.4. The summed E-state index contributed by atoms with van der Waals surface area (Å²) in [6, 6.07) is 10.2. The lowest BCUT2D eigenvalue weighted by Gasteiger charge is -2.34. The van der Waals surface area contributed by atoms with Crippen molar-refractivity contribution in [2.24, 2.45) is 10.9 Å². The highest BCUT2D eigenvalue weighted by Gasteiger charge is 2.17. The maximum absolute atomic E-state index is 11.4. The molecular formula is C21H36IN5O2. The molecule has 0 radical (unpaired) electrons. The van der Waals surface area contributed by atoms with E-state index in [2.05, 4.69) is 39.6 Å². The van der Waals surface area contributed by atoms with E-state index in [1.807, 2.05) is 23.1 Å². The second-order valence-electron chi connectivity index (χ2n) is 7.33. The molecule has 1 amide bonds. The van der Waals surface area contributed by atoms with Crippen LogP contribution < -0.4 is 10.6 Å². The first-order chi connectivity index (χ1) is 13.6. The minimum Gasteiger partial charge on any atom is -0.376 e. The molecule has 1 aromatic rings. The number of carbonyl (C=O) groups is 1. The number of ether oxygens (including phenoxy) is 1. The number of nitrogens with one attached hydrogen (secondary N) is 2. The Balaban J connectivity index is 0.00000420. The average molecular weight is 517 g/mol. The quantitative estimate of drug-likeness (QED) is 0.297. The minimum atomic E-state index is 0. The van der Waals surface area contributed by atoms with Gasteiger partial charge in [0.25, 0.3) is 0 Å². The Hall–Kier alpha value is -1.39. The maximum Gasteiger partial charge on any atom is 0.219 e. The van der Waals surface area contributed by atoms with E-state index >= 15 is 0 Å². The van der Waals surface area contributed by atoms with Gasteiger partial charge in [-0.15, -0.1) is 24.0 Å². The predicted molar refractivity (Wildman–Crippen MR) is 129 cm³/mol. The summed E-state index contributed by atoms with van der Waals surface area (Å²) < 4.78 is 5.80. The lowest BCUT2D eigenvalue weighted by molar-refractivity contribution is -0.130. The van der Waals surface area contributed by atoms with Crippen LogP contribution in [0.2, 0.25) is 0 Å².